The Morgan fingerprint density at radius 2 is 2.16 bits per heavy atom. The number of rotatable bonds is 1. The smallest absolute Gasteiger partial charge is 0.223 e. The Morgan fingerprint density at radius 3 is 3.00 bits per heavy atom. The summed E-state index contributed by atoms with van der Waals surface area (Å²) in [6, 6.07) is 5.36. The molecule has 0 aliphatic carbocycles. The lowest BCUT2D eigenvalue weighted by Crippen LogP contribution is -2.02. The highest BCUT2D eigenvalue weighted by atomic mass is 16.3. The van der Waals surface area contributed by atoms with Crippen LogP contribution in [0.4, 0.5) is 5.95 Å². The average Bonchev–Trinajstić information content (AvgIpc) is 3.08. The molecule has 0 aliphatic heterocycles. The molecule has 19 heavy (non-hydrogen) atoms. The van der Waals surface area contributed by atoms with Gasteiger partial charge in [0.05, 0.1) is 17.2 Å². The van der Waals surface area contributed by atoms with Gasteiger partial charge < -0.3 is 10.2 Å². The summed E-state index contributed by atoms with van der Waals surface area (Å²) in [6.45, 7) is 0. The summed E-state index contributed by atoms with van der Waals surface area (Å²) in [7, 11) is 0. The van der Waals surface area contributed by atoms with E-state index in [0.717, 1.165) is 10.9 Å². The normalized spacial score (nSPS) is 11.4. The number of hydrogen-bond acceptors (Lipinski definition) is 6. The number of furan rings is 1. The van der Waals surface area contributed by atoms with Gasteiger partial charge in [0.25, 0.3) is 0 Å². The molecule has 7 nitrogen and oxygen atoms in total. The number of nitrogen functional groups attached to an aromatic ring is 1. The average molecular weight is 252 g/mol. The quantitative estimate of drug-likeness (QED) is 0.551. The molecule has 4 aromatic rings. The molecule has 2 N–H and O–H groups in total. The number of nitrogens with zero attached hydrogens (tertiary/aromatic N) is 5. The third kappa shape index (κ3) is 1.38. The molecule has 0 saturated heterocycles. The van der Waals surface area contributed by atoms with Gasteiger partial charge in [-0.3, -0.25) is 4.98 Å². The fourth-order valence-corrected chi connectivity index (χ4v) is 1.98. The minimum Gasteiger partial charge on any atom is -0.461 e. The number of hydrogen-bond donors (Lipinski definition) is 1. The van der Waals surface area contributed by atoms with Crippen molar-refractivity contribution in [2.75, 3.05) is 5.73 Å². The Balaban J connectivity index is 2.12. The fraction of sp³-hybridized carbons (Fsp3) is 0. The molecule has 0 saturated carbocycles. The molecule has 7 heteroatoms. The Morgan fingerprint density at radius 1 is 1.21 bits per heavy atom. The highest BCUT2D eigenvalue weighted by Gasteiger charge is 2.14. The lowest BCUT2D eigenvalue weighted by Gasteiger charge is -2.00. The largest absolute Gasteiger partial charge is 0.461 e. The number of anilines is 1. The molecule has 4 rings (SSSR count). The van der Waals surface area contributed by atoms with Crippen LogP contribution in [-0.2, 0) is 0 Å². The van der Waals surface area contributed by atoms with Crippen LogP contribution in [0.15, 0.2) is 41.3 Å². The zero-order chi connectivity index (χ0) is 12.8. The van der Waals surface area contributed by atoms with E-state index in [-0.39, 0.29) is 5.95 Å². The molecule has 4 heterocycles. The molecule has 0 bridgehead atoms. The lowest BCUT2D eigenvalue weighted by atomic mass is 10.3. The summed E-state index contributed by atoms with van der Waals surface area (Å²) in [5.41, 5.74) is 7.23. The standard InChI is InChI=1S/C12H8N6O/c13-12-15-8-3-4-14-6-7(8)11-16-10(17-18(11)12)9-2-1-5-19-9/h1-6H,(H2,13,15). The van der Waals surface area contributed by atoms with Crippen molar-refractivity contribution in [2.24, 2.45) is 0 Å². The molecule has 0 fully saturated rings. The molecule has 0 spiro atoms. The van der Waals surface area contributed by atoms with E-state index in [1.165, 1.54) is 4.52 Å². The number of pyridine rings is 1. The minimum atomic E-state index is 0.277. The van der Waals surface area contributed by atoms with Crippen molar-refractivity contribution < 1.29 is 4.42 Å². The van der Waals surface area contributed by atoms with Gasteiger partial charge in [0.15, 0.2) is 11.4 Å². The first-order valence-electron chi connectivity index (χ1n) is 5.63. The summed E-state index contributed by atoms with van der Waals surface area (Å²) in [5, 5.41) is 5.09. The highest BCUT2D eigenvalue weighted by molar-refractivity contribution is 5.91. The van der Waals surface area contributed by atoms with Crippen LogP contribution >= 0.6 is 0 Å². The van der Waals surface area contributed by atoms with E-state index in [2.05, 4.69) is 20.1 Å². The van der Waals surface area contributed by atoms with Crippen molar-refractivity contribution >= 4 is 22.5 Å². The third-order valence-electron chi connectivity index (χ3n) is 2.84. The second-order valence-electron chi connectivity index (χ2n) is 4.01. The SMILES string of the molecule is Nc1nc2ccncc2c2nc(-c3ccco3)nn12. The molecule has 92 valence electrons. The van der Waals surface area contributed by atoms with Crippen LogP contribution in [0.1, 0.15) is 0 Å². The maximum atomic E-state index is 5.89. The van der Waals surface area contributed by atoms with Crippen molar-refractivity contribution in [1.82, 2.24) is 24.6 Å². The molecular weight excluding hydrogens is 244 g/mol. The Hall–Kier alpha value is -2.96. The third-order valence-corrected chi connectivity index (χ3v) is 2.84. The Bertz CT molecular complexity index is 880. The predicted molar refractivity (Wildman–Crippen MR) is 68.2 cm³/mol. The van der Waals surface area contributed by atoms with Gasteiger partial charge in [0, 0.05) is 12.4 Å². The zero-order valence-corrected chi connectivity index (χ0v) is 9.69. The lowest BCUT2D eigenvalue weighted by molar-refractivity contribution is 0.577. The van der Waals surface area contributed by atoms with Gasteiger partial charge in [-0.25, -0.2) is 9.97 Å². The van der Waals surface area contributed by atoms with Crippen molar-refractivity contribution in [3.8, 4) is 11.6 Å². The molecule has 0 atom stereocenters. The van der Waals surface area contributed by atoms with Crippen molar-refractivity contribution in [3.05, 3.63) is 36.9 Å². The van der Waals surface area contributed by atoms with E-state index in [0.29, 0.717) is 17.2 Å². The second-order valence-corrected chi connectivity index (χ2v) is 4.01. The summed E-state index contributed by atoms with van der Waals surface area (Å²) < 4.78 is 6.77. The Labute approximate surface area is 106 Å². The van der Waals surface area contributed by atoms with Crippen LogP contribution in [-0.4, -0.2) is 24.6 Å². The second kappa shape index (κ2) is 3.52. The summed E-state index contributed by atoms with van der Waals surface area (Å²) in [6.07, 6.45) is 4.93. The van der Waals surface area contributed by atoms with Gasteiger partial charge in [-0.1, -0.05) is 0 Å². The van der Waals surface area contributed by atoms with Crippen LogP contribution in [0.5, 0.6) is 0 Å². The molecular formula is C12H8N6O. The fourth-order valence-electron chi connectivity index (χ4n) is 1.98. The molecule has 0 amide bonds. The van der Waals surface area contributed by atoms with E-state index >= 15 is 0 Å². The number of aromatic nitrogens is 5. The van der Waals surface area contributed by atoms with Gasteiger partial charge in [-0.05, 0) is 18.2 Å². The molecule has 0 aliphatic rings. The monoisotopic (exact) mass is 252 g/mol. The van der Waals surface area contributed by atoms with Gasteiger partial charge in [0.1, 0.15) is 0 Å². The van der Waals surface area contributed by atoms with Crippen LogP contribution in [0.3, 0.4) is 0 Å². The van der Waals surface area contributed by atoms with Crippen LogP contribution in [0, 0.1) is 0 Å². The van der Waals surface area contributed by atoms with Gasteiger partial charge in [-0.2, -0.15) is 4.52 Å². The molecule has 0 radical (unpaired) electrons. The van der Waals surface area contributed by atoms with Crippen molar-refractivity contribution in [3.63, 3.8) is 0 Å². The van der Waals surface area contributed by atoms with Crippen molar-refractivity contribution in [2.45, 2.75) is 0 Å². The van der Waals surface area contributed by atoms with Gasteiger partial charge in [0.2, 0.25) is 11.8 Å². The molecule has 4 aromatic heterocycles. The summed E-state index contributed by atoms with van der Waals surface area (Å²) in [4.78, 5) is 12.8. The maximum Gasteiger partial charge on any atom is 0.223 e. The van der Waals surface area contributed by atoms with E-state index < -0.39 is 0 Å². The van der Waals surface area contributed by atoms with Crippen LogP contribution in [0.2, 0.25) is 0 Å². The van der Waals surface area contributed by atoms with E-state index in [1.807, 2.05) is 0 Å². The van der Waals surface area contributed by atoms with E-state index in [4.69, 9.17) is 10.2 Å². The van der Waals surface area contributed by atoms with Crippen molar-refractivity contribution in [1.29, 1.82) is 0 Å². The molecule has 0 aromatic carbocycles. The number of fused-ring (bicyclic) bond motifs is 3. The zero-order valence-electron chi connectivity index (χ0n) is 9.69. The van der Waals surface area contributed by atoms with Crippen LogP contribution in [0.25, 0.3) is 28.1 Å². The topological polar surface area (TPSA) is 95.1 Å². The Kier molecular flexibility index (Phi) is 1.85. The minimum absolute atomic E-state index is 0.277. The van der Waals surface area contributed by atoms with Gasteiger partial charge in [-0.15, -0.1) is 5.10 Å². The maximum absolute atomic E-state index is 5.89. The summed E-state index contributed by atoms with van der Waals surface area (Å²) >= 11 is 0. The molecule has 0 unspecified atom stereocenters. The first kappa shape index (κ1) is 10.0. The van der Waals surface area contributed by atoms with E-state index in [9.17, 15) is 0 Å². The first-order valence-corrected chi connectivity index (χ1v) is 5.63. The highest BCUT2D eigenvalue weighted by Crippen LogP contribution is 2.22. The predicted octanol–water partition coefficient (Wildman–Crippen LogP) is 1.51. The van der Waals surface area contributed by atoms with E-state index in [1.54, 1.807) is 36.9 Å². The van der Waals surface area contributed by atoms with Gasteiger partial charge >= 0.3 is 0 Å². The van der Waals surface area contributed by atoms with Crippen LogP contribution < -0.4 is 5.73 Å². The first-order chi connectivity index (χ1) is 9.33. The number of nitrogens with two attached hydrogens (primary N) is 1. The summed E-state index contributed by atoms with van der Waals surface area (Å²) in [5.74, 6) is 1.33.